The maximum Gasteiger partial charge on any atom is 0.141 e. The summed E-state index contributed by atoms with van der Waals surface area (Å²) in [6.07, 6.45) is 2.30. The molecule has 0 aliphatic carbocycles. The zero-order chi connectivity index (χ0) is 14.0. The van der Waals surface area contributed by atoms with Crippen molar-refractivity contribution in [2.75, 3.05) is 7.11 Å². The molecule has 1 aromatic heterocycles. The minimum atomic E-state index is -1.74. The number of aliphatic hydroxyl groups is 1. The Morgan fingerprint density at radius 1 is 1.26 bits per heavy atom. The van der Waals surface area contributed by atoms with Gasteiger partial charge in [0.05, 0.1) is 18.9 Å². The zero-order valence-electron chi connectivity index (χ0n) is 10.5. The molecular weight excluding hydrogens is 252 g/mol. The largest absolute Gasteiger partial charge is 0.496 e. The van der Waals surface area contributed by atoms with E-state index in [1.54, 1.807) is 0 Å². The molecule has 2 aromatic rings. The monoisotopic (exact) mass is 265 g/mol. The Kier molecular flexibility index (Phi) is 3.48. The minimum Gasteiger partial charge on any atom is -0.496 e. The summed E-state index contributed by atoms with van der Waals surface area (Å²) in [6, 6.07) is 5.31. The standard InChI is InChI=1S/C14H13F2NO2/c1-14(18,9-6-10(15)8-17-7-9)13-11(16)4-3-5-12(13)19-2/h3-8,18H,1-2H3. The number of hydrogen-bond acceptors (Lipinski definition) is 3. The van der Waals surface area contributed by atoms with Gasteiger partial charge in [-0.2, -0.15) is 0 Å². The van der Waals surface area contributed by atoms with Crippen LogP contribution in [-0.2, 0) is 5.60 Å². The third-order valence-electron chi connectivity index (χ3n) is 2.95. The first-order valence-corrected chi connectivity index (χ1v) is 5.63. The lowest BCUT2D eigenvalue weighted by atomic mass is 9.88. The molecular formula is C14H13F2NO2. The second kappa shape index (κ2) is 4.93. The summed E-state index contributed by atoms with van der Waals surface area (Å²) in [4.78, 5) is 3.66. The summed E-state index contributed by atoms with van der Waals surface area (Å²) in [5.41, 5.74) is -1.65. The van der Waals surface area contributed by atoms with Gasteiger partial charge in [-0.1, -0.05) is 6.07 Å². The first-order valence-electron chi connectivity index (χ1n) is 5.63. The van der Waals surface area contributed by atoms with Crippen molar-refractivity contribution in [2.45, 2.75) is 12.5 Å². The normalized spacial score (nSPS) is 13.9. The molecule has 1 aromatic carbocycles. The Hall–Kier alpha value is -2.01. The third-order valence-corrected chi connectivity index (χ3v) is 2.95. The van der Waals surface area contributed by atoms with Crippen LogP contribution >= 0.6 is 0 Å². The van der Waals surface area contributed by atoms with Crippen LogP contribution in [0.3, 0.4) is 0 Å². The van der Waals surface area contributed by atoms with Crippen molar-refractivity contribution in [1.29, 1.82) is 0 Å². The number of halogens is 2. The van der Waals surface area contributed by atoms with Gasteiger partial charge in [0.15, 0.2) is 0 Å². The average Bonchev–Trinajstić information content (AvgIpc) is 2.38. The van der Waals surface area contributed by atoms with Crippen LogP contribution in [-0.4, -0.2) is 17.2 Å². The zero-order valence-corrected chi connectivity index (χ0v) is 10.5. The van der Waals surface area contributed by atoms with Gasteiger partial charge < -0.3 is 9.84 Å². The van der Waals surface area contributed by atoms with E-state index in [4.69, 9.17) is 4.74 Å². The predicted octanol–water partition coefficient (Wildman–Crippen LogP) is 2.62. The van der Waals surface area contributed by atoms with Crippen LogP contribution in [0.2, 0.25) is 0 Å². The fourth-order valence-electron chi connectivity index (χ4n) is 1.97. The van der Waals surface area contributed by atoms with Crippen LogP contribution in [0.15, 0.2) is 36.7 Å². The summed E-state index contributed by atoms with van der Waals surface area (Å²) < 4.78 is 32.2. The van der Waals surface area contributed by atoms with Gasteiger partial charge in [0, 0.05) is 11.8 Å². The topological polar surface area (TPSA) is 42.4 Å². The number of methoxy groups -OCH3 is 1. The Bertz CT molecular complexity index is 600. The number of aromatic nitrogens is 1. The Morgan fingerprint density at radius 3 is 2.63 bits per heavy atom. The molecule has 0 aliphatic rings. The molecule has 100 valence electrons. The van der Waals surface area contributed by atoms with Gasteiger partial charge in [-0.3, -0.25) is 4.98 Å². The Labute approximate surface area is 109 Å². The first-order chi connectivity index (χ1) is 8.96. The summed E-state index contributed by atoms with van der Waals surface area (Å²) in [6.45, 7) is 1.37. The van der Waals surface area contributed by atoms with Crippen LogP contribution in [0, 0.1) is 11.6 Å². The van der Waals surface area contributed by atoms with Crippen molar-refractivity contribution in [1.82, 2.24) is 4.98 Å². The smallest absolute Gasteiger partial charge is 0.141 e. The van der Waals surface area contributed by atoms with E-state index in [1.807, 2.05) is 0 Å². The molecule has 1 atom stereocenters. The quantitative estimate of drug-likeness (QED) is 0.927. The molecule has 19 heavy (non-hydrogen) atoms. The summed E-state index contributed by atoms with van der Waals surface area (Å²) in [5, 5.41) is 10.5. The van der Waals surface area contributed by atoms with Gasteiger partial charge in [0.2, 0.25) is 0 Å². The molecule has 0 radical (unpaired) electrons. The molecule has 1 N–H and O–H groups in total. The highest BCUT2D eigenvalue weighted by Gasteiger charge is 2.32. The van der Waals surface area contributed by atoms with Gasteiger partial charge in [0.1, 0.15) is 23.0 Å². The third kappa shape index (κ3) is 2.42. The lowest BCUT2D eigenvalue weighted by Gasteiger charge is -2.26. The molecule has 0 amide bonds. The molecule has 0 spiro atoms. The molecule has 1 unspecified atom stereocenters. The van der Waals surface area contributed by atoms with Crippen LogP contribution in [0.4, 0.5) is 8.78 Å². The summed E-state index contributed by atoms with van der Waals surface area (Å²) >= 11 is 0. The molecule has 0 bridgehead atoms. The van der Waals surface area contributed by atoms with E-state index in [0.717, 1.165) is 12.3 Å². The van der Waals surface area contributed by atoms with Gasteiger partial charge in [-0.05, 0) is 25.1 Å². The van der Waals surface area contributed by atoms with E-state index >= 15 is 0 Å². The van der Waals surface area contributed by atoms with Gasteiger partial charge in [-0.25, -0.2) is 8.78 Å². The highest BCUT2D eigenvalue weighted by molar-refractivity contribution is 5.44. The SMILES string of the molecule is COc1cccc(F)c1C(C)(O)c1cncc(F)c1. The lowest BCUT2D eigenvalue weighted by molar-refractivity contribution is 0.0937. The van der Waals surface area contributed by atoms with E-state index in [0.29, 0.717) is 0 Å². The van der Waals surface area contributed by atoms with Crippen LogP contribution in [0.1, 0.15) is 18.1 Å². The van der Waals surface area contributed by atoms with Crippen molar-refractivity contribution in [3.05, 3.63) is 59.4 Å². The van der Waals surface area contributed by atoms with E-state index in [9.17, 15) is 13.9 Å². The van der Waals surface area contributed by atoms with Crippen LogP contribution in [0.5, 0.6) is 5.75 Å². The number of pyridine rings is 1. The fraction of sp³-hybridized carbons (Fsp3) is 0.214. The highest BCUT2D eigenvalue weighted by Crippen LogP contribution is 2.36. The lowest BCUT2D eigenvalue weighted by Crippen LogP contribution is -2.25. The van der Waals surface area contributed by atoms with Gasteiger partial charge in [-0.15, -0.1) is 0 Å². The van der Waals surface area contributed by atoms with Gasteiger partial charge >= 0.3 is 0 Å². The van der Waals surface area contributed by atoms with Crippen molar-refractivity contribution in [3.63, 3.8) is 0 Å². The molecule has 0 fully saturated rings. The van der Waals surface area contributed by atoms with Crippen molar-refractivity contribution in [3.8, 4) is 5.75 Å². The second-order valence-electron chi connectivity index (χ2n) is 4.28. The molecule has 5 heteroatoms. The van der Waals surface area contributed by atoms with Gasteiger partial charge in [0.25, 0.3) is 0 Å². The average molecular weight is 265 g/mol. The molecule has 3 nitrogen and oxygen atoms in total. The van der Waals surface area contributed by atoms with Crippen molar-refractivity contribution < 1.29 is 18.6 Å². The molecule has 0 saturated carbocycles. The summed E-state index contributed by atoms with van der Waals surface area (Å²) in [5.74, 6) is -1.05. The van der Waals surface area contributed by atoms with Crippen LogP contribution in [0.25, 0.3) is 0 Å². The molecule has 0 saturated heterocycles. The Balaban J connectivity index is 2.62. The van der Waals surface area contributed by atoms with E-state index < -0.39 is 17.2 Å². The number of ether oxygens (including phenoxy) is 1. The number of hydrogen-bond donors (Lipinski definition) is 1. The summed E-state index contributed by atoms with van der Waals surface area (Å²) in [7, 11) is 1.37. The Morgan fingerprint density at radius 2 is 2.00 bits per heavy atom. The highest BCUT2D eigenvalue weighted by atomic mass is 19.1. The molecule has 0 aliphatic heterocycles. The molecule has 1 heterocycles. The number of benzene rings is 1. The van der Waals surface area contributed by atoms with E-state index in [-0.39, 0.29) is 16.9 Å². The number of nitrogens with zero attached hydrogens (tertiary/aromatic N) is 1. The molecule has 2 rings (SSSR count). The number of rotatable bonds is 3. The second-order valence-corrected chi connectivity index (χ2v) is 4.28. The van der Waals surface area contributed by atoms with E-state index in [2.05, 4.69) is 4.98 Å². The van der Waals surface area contributed by atoms with E-state index in [1.165, 1.54) is 38.4 Å². The predicted molar refractivity (Wildman–Crippen MR) is 65.8 cm³/mol. The fourth-order valence-corrected chi connectivity index (χ4v) is 1.97. The maximum absolute atomic E-state index is 14.0. The van der Waals surface area contributed by atoms with Crippen LogP contribution < -0.4 is 4.74 Å². The minimum absolute atomic E-state index is 0.0510. The maximum atomic E-state index is 14.0. The van der Waals surface area contributed by atoms with Crippen molar-refractivity contribution >= 4 is 0 Å². The first kappa shape index (κ1) is 13.4. The van der Waals surface area contributed by atoms with Crippen molar-refractivity contribution in [2.24, 2.45) is 0 Å².